The quantitative estimate of drug-likeness (QED) is 0.290. The third-order valence-corrected chi connectivity index (χ3v) is 5.52. The zero-order valence-electron chi connectivity index (χ0n) is 17.8. The second kappa shape index (κ2) is 14.8. The number of nitrogens with one attached hydrogen (secondary N) is 1. The van der Waals surface area contributed by atoms with Crippen LogP contribution in [0.25, 0.3) is 0 Å². The molecule has 1 saturated heterocycles. The molecule has 1 amide bonds. The molecule has 2 rings (SSSR count). The van der Waals surface area contributed by atoms with E-state index in [-0.39, 0.29) is 11.9 Å². The van der Waals surface area contributed by atoms with E-state index in [0.717, 1.165) is 6.54 Å². The van der Waals surface area contributed by atoms with E-state index < -0.39 is 0 Å². The molecule has 7 nitrogen and oxygen atoms in total. The van der Waals surface area contributed by atoms with Crippen molar-refractivity contribution in [2.45, 2.75) is 39.2 Å². The Hall–Kier alpha value is -2.06. The van der Waals surface area contributed by atoms with Gasteiger partial charge in [-0.1, -0.05) is 12.5 Å². The molecule has 0 spiro atoms. The molecule has 0 aromatic carbocycles. The number of esters is 1. The topological polar surface area (TPSA) is 80.8 Å². The molecule has 1 aliphatic rings. The Morgan fingerprint density at radius 1 is 1.23 bits per heavy atom. The van der Waals surface area contributed by atoms with Crippen LogP contribution in [0.1, 0.15) is 38.2 Å². The second-order valence-corrected chi connectivity index (χ2v) is 8.35. The van der Waals surface area contributed by atoms with Crippen LogP contribution in [-0.2, 0) is 20.9 Å². The number of amides is 1. The summed E-state index contributed by atoms with van der Waals surface area (Å²) in [4.78, 5) is 29.1. The van der Waals surface area contributed by atoms with Gasteiger partial charge in [0.25, 0.3) is 0 Å². The first-order valence-corrected chi connectivity index (χ1v) is 11.7. The highest BCUT2D eigenvalue weighted by molar-refractivity contribution is 7.99. The summed E-state index contributed by atoms with van der Waals surface area (Å²) in [7, 11) is 0. The maximum atomic E-state index is 11.8. The van der Waals surface area contributed by atoms with Gasteiger partial charge in [-0.15, -0.1) is 0 Å². The summed E-state index contributed by atoms with van der Waals surface area (Å²) in [5.74, 6) is 1.78. The fourth-order valence-electron chi connectivity index (χ4n) is 3.06. The van der Waals surface area contributed by atoms with E-state index in [9.17, 15) is 9.59 Å². The van der Waals surface area contributed by atoms with E-state index in [1.807, 2.05) is 24.3 Å². The minimum atomic E-state index is -0.273. The van der Waals surface area contributed by atoms with Gasteiger partial charge in [-0.2, -0.15) is 11.8 Å². The number of pyridine rings is 1. The lowest BCUT2D eigenvalue weighted by molar-refractivity contribution is -0.140. The van der Waals surface area contributed by atoms with Crippen molar-refractivity contribution in [3.8, 4) is 5.88 Å². The van der Waals surface area contributed by atoms with E-state index in [2.05, 4.69) is 15.2 Å². The Kier molecular flexibility index (Phi) is 12.0. The molecule has 0 aliphatic carbocycles. The largest absolute Gasteiger partial charge is 0.473 e. The number of piperidine rings is 1. The van der Waals surface area contributed by atoms with Gasteiger partial charge in [-0.3, -0.25) is 14.5 Å². The van der Waals surface area contributed by atoms with Crippen LogP contribution in [0, 0.1) is 0 Å². The van der Waals surface area contributed by atoms with E-state index in [0.29, 0.717) is 43.6 Å². The zero-order valence-corrected chi connectivity index (χ0v) is 18.6. The lowest BCUT2D eigenvalue weighted by Crippen LogP contribution is -2.29. The smallest absolute Gasteiger partial charge is 0.302 e. The summed E-state index contributed by atoms with van der Waals surface area (Å²) in [6, 6.07) is 4.05. The van der Waals surface area contributed by atoms with Crippen LogP contribution in [0.15, 0.2) is 30.5 Å². The van der Waals surface area contributed by atoms with Gasteiger partial charge in [0.1, 0.15) is 13.2 Å². The number of ether oxygens (including phenoxy) is 2. The first kappa shape index (κ1) is 24.2. The number of thioether (sulfide) groups is 1. The predicted octanol–water partition coefficient (Wildman–Crippen LogP) is 2.81. The molecule has 0 bridgehead atoms. The number of likely N-dealkylation sites (tertiary alicyclic amines) is 1. The minimum Gasteiger partial charge on any atom is -0.473 e. The van der Waals surface area contributed by atoms with Gasteiger partial charge in [0.15, 0.2) is 0 Å². The Balaban J connectivity index is 1.53. The Morgan fingerprint density at radius 3 is 2.87 bits per heavy atom. The third-order valence-electron chi connectivity index (χ3n) is 4.57. The number of carbonyl (C=O) groups excluding carboxylic acids is 2. The first-order valence-electron chi connectivity index (χ1n) is 10.6. The van der Waals surface area contributed by atoms with Gasteiger partial charge in [0, 0.05) is 50.2 Å². The predicted molar refractivity (Wildman–Crippen MR) is 120 cm³/mol. The van der Waals surface area contributed by atoms with Gasteiger partial charge in [0.05, 0.1) is 0 Å². The summed E-state index contributed by atoms with van der Waals surface area (Å²) in [5.41, 5.74) is 1.23. The van der Waals surface area contributed by atoms with Crippen molar-refractivity contribution in [1.29, 1.82) is 0 Å². The van der Waals surface area contributed by atoms with Crippen LogP contribution in [-0.4, -0.2) is 66.1 Å². The number of rotatable bonds is 13. The van der Waals surface area contributed by atoms with Crippen molar-refractivity contribution in [2.24, 2.45) is 0 Å². The number of carbonyl (C=O) groups is 2. The monoisotopic (exact) mass is 435 g/mol. The Bertz CT molecular complexity index is 678. The highest BCUT2D eigenvalue weighted by atomic mass is 32.2. The van der Waals surface area contributed by atoms with Crippen molar-refractivity contribution in [3.05, 3.63) is 36.0 Å². The molecule has 0 atom stereocenters. The molecular weight excluding hydrogens is 402 g/mol. The number of aromatic nitrogens is 1. The highest BCUT2D eigenvalue weighted by Crippen LogP contribution is 2.15. The molecule has 0 radical (unpaired) electrons. The van der Waals surface area contributed by atoms with Gasteiger partial charge in [-0.05, 0) is 43.6 Å². The van der Waals surface area contributed by atoms with Crippen LogP contribution in [0.3, 0.4) is 0 Å². The molecule has 0 saturated carbocycles. The lowest BCUT2D eigenvalue weighted by atomic mass is 10.1. The molecule has 1 aromatic heterocycles. The fraction of sp³-hybridized carbons (Fsp3) is 0.591. The fourth-order valence-corrected chi connectivity index (χ4v) is 3.80. The van der Waals surface area contributed by atoms with E-state index in [4.69, 9.17) is 9.47 Å². The maximum Gasteiger partial charge on any atom is 0.302 e. The van der Waals surface area contributed by atoms with Gasteiger partial charge in [0.2, 0.25) is 11.8 Å². The van der Waals surface area contributed by atoms with Gasteiger partial charge < -0.3 is 14.8 Å². The summed E-state index contributed by atoms with van der Waals surface area (Å²) >= 11 is 1.59. The summed E-state index contributed by atoms with van der Waals surface area (Å²) in [6.07, 6.45) is 9.90. The number of nitrogens with zero attached hydrogens (tertiary/aromatic N) is 2. The molecule has 2 heterocycles. The molecule has 1 N–H and O–H groups in total. The van der Waals surface area contributed by atoms with Crippen molar-refractivity contribution in [1.82, 2.24) is 15.2 Å². The van der Waals surface area contributed by atoms with E-state index in [1.165, 1.54) is 44.8 Å². The van der Waals surface area contributed by atoms with Crippen molar-refractivity contribution in [3.63, 3.8) is 0 Å². The summed E-state index contributed by atoms with van der Waals surface area (Å²) in [6.45, 7) is 5.95. The van der Waals surface area contributed by atoms with Crippen molar-refractivity contribution in [2.75, 3.05) is 44.4 Å². The minimum absolute atomic E-state index is 0.00707. The van der Waals surface area contributed by atoms with Crippen LogP contribution in [0.2, 0.25) is 0 Å². The zero-order chi connectivity index (χ0) is 21.4. The summed E-state index contributed by atoms with van der Waals surface area (Å²) in [5, 5.41) is 2.84. The SMILES string of the molecule is CC(=O)OCCSCCC(=O)NCC=CCOc1cc(CN2CCCCC2)ccn1. The molecular formula is C22H33N3O4S. The molecule has 1 aliphatic heterocycles. The van der Waals surface area contributed by atoms with Crippen molar-refractivity contribution < 1.29 is 19.1 Å². The van der Waals surface area contributed by atoms with Crippen LogP contribution < -0.4 is 10.1 Å². The number of hydrogen-bond acceptors (Lipinski definition) is 7. The van der Waals surface area contributed by atoms with E-state index >= 15 is 0 Å². The maximum absolute atomic E-state index is 11.8. The van der Waals surface area contributed by atoms with Crippen LogP contribution >= 0.6 is 11.8 Å². The van der Waals surface area contributed by atoms with Gasteiger partial charge in [-0.25, -0.2) is 4.98 Å². The normalized spacial score (nSPS) is 14.6. The van der Waals surface area contributed by atoms with E-state index in [1.54, 1.807) is 18.0 Å². The first-order chi connectivity index (χ1) is 14.6. The Morgan fingerprint density at radius 2 is 2.07 bits per heavy atom. The average Bonchev–Trinajstić information content (AvgIpc) is 2.74. The van der Waals surface area contributed by atoms with Crippen molar-refractivity contribution >= 4 is 23.6 Å². The lowest BCUT2D eigenvalue weighted by Gasteiger charge is -2.26. The molecule has 8 heteroatoms. The molecule has 1 fully saturated rings. The second-order valence-electron chi connectivity index (χ2n) is 7.13. The van der Waals surface area contributed by atoms with Gasteiger partial charge >= 0.3 is 5.97 Å². The average molecular weight is 436 g/mol. The highest BCUT2D eigenvalue weighted by Gasteiger charge is 2.10. The van der Waals surface area contributed by atoms with Crippen LogP contribution in [0.5, 0.6) is 5.88 Å². The Labute approximate surface area is 183 Å². The third kappa shape index (κ3) is 11.2. The molecule has 30 heavy (non-hydrogen) atoms. The standard InChI is InChI=1S/C22H33N3O4S/c1-19(26)28-14-16-30-15-8-21(27)23-9-3-6-13-29-22-17-20(7-10-24-22)18-25-11-4-2-5-12-25/h3,6-7,10,17H,2,4-5,8-9,11-16,18H2,1H3,(H,23,27). The number of hydrogen-bond donors (Lipinski definition) is 1. The molecule has 1 aromatic rings. The van der Waals surface area contributed by atoms with Crippen LogP contribution in [0.4, 0.5) is 0 Å². The molecule has 0 unspecified atom stereocenters. The summed E-state index contributed by atoms with van der Waals surface area (Å²) < 4.78 is 10.5. The molecule has 166 valence electrons.